The van der Waals surface area contributed by atoms with E-state index in [-0.39, 0.29) is 5.97 Å². The molecule has 2 aromatic rings. The van der Waals surface area contributed by atoms with E-state index in [2.05, 4.69) is 37.0 Å². The van der Waals surface area contributed by atoms with Gasteiger partial charge in [-0.1, -0.05) is 15.9 Å². The van der Waals surface area contributed by atoms with Crippen LogP contribution in [0.2, 0.25) is 0 Å². The monoisotopic (exact) mass is 334 g/mol. The van der Waals surface area contributed by atoms with Crippen LogP contribution in [0.4, 0.5) is 5.69 Å². The van der Waals surface area contributed by atoms with E-state index in [0.29, 0.717) is 12.1 Å². The molecule has 0 bridgehead atoms. The number of methoxy groups -OCH3 is 1. The highest BCUT2D eigenvalue weighted by Gasteiger charge is 2.05. The molecule has 0 aliphatic carbocycles. The largest absolute Gasteiger partial charge is 0.465 e. The zero-order valence-corrected chi connectivity index (χ0v) is 12.9. The number of hydrogen-bond acceptors (Lipinski definition) is 4. The van der Waals surface area contributed by atoms with Crippen molar-refractivity contribution in [1.82, 2.24) is 4.98 Å². The van der Waals surface area contributed by atoms with E-state index >= 15 is 0 Å². The minimum absolute atomic E-state index is 0.374. The van der Waals surface area contributed by atoms with Crippen molar-refractivity contribution in [2.45, 2.75) is 13.5 Å². The number of anilines is 1. The molecule has 0 aliphatic heterocycles. The first-order chi connectivity index (χ1) is 9.60. The van der Waals surface area contributed by atoms with Crippen molar-refractivity contribution >= 4 is 27.6 Å². The number of benzene rings is 1. The molecule has 2 rings (SSSR count). The minimum Gasteiger partial charge on any atom is -0.465 e. The molecule has 1 heterocycles. The number of nitrogens with zero attached hydrogens (tertiary/aromatic N) is 1. The number of aromatic nitrogens is 1. The number of halogens is 1. The summed E-state index contributed by atoms with van der Waals surface area (Å²) in [7, 11) is 1.35. The predicted octanol–water partition coefficient (Wildman–Crippen LogP) is 3.55. The van der Waals surface area contributed by atoms with Crippen molar-refractivity contribution < 1.29 is 9.53 Å². The topological polar surface area (TPSA) is 51.2 Å². The van der Waals surface area contributed by atoms with Gasteiger partial charge in [-0.3, -0.25) is 4.98 Å². The first-order valence-corrected chi connectivity index (χ1v) is 6.92. The second-order valence-electron chi connectivity index (χ2n) is 4.35. The van der Waals surface area contributed by atoms with E-state index in [0.717, 1.165) is 15.9 Å². The maximum atomic E-state index is 11.3. The zero-order chi connectivity index (χ0) is 14.5. The Hall–Kier alpha value is -1.88. The zero-order valence-electron chi connectivity index (χ0n) is 11.3. The van der Waals surface area contributed by atoms with Crippen LogP contribution in [0.1, 0.15) is 21.6 Å². The van der Waals surface area contributed by atoms with E-state index < -0.39 is 0 Å². The summed E-state index contributed by atoms with van der Waals surface area (Å²) >= 11 is 3.47. The molecule has 0 saturated heterocycles. The second kappa shape index (κ2) is 6.52. The number of pyridine rings is 1. The molecule has 1 aromatic carbocycles. The molecule has 1 N–H and O–H groups in total. The smallest absolute Gasteiger partial charge is 0.339 e. The van der Waals surface area contributed by atoms with Gasteiger partial charge in [-0.05, 0) is 42.8 Å². The molecule has 0 radical (unpaired) electrons. The lowest BCUT2D eigenvalue weighted by atomic mass is 10.2. The van der Waals surface area contributed by atoms with Crippen molar-refractivity contribution in [3.05, 3.63) is 57.8 Å². The van der Waals surface area contributed by atoms with Gasteiger partial charge in [-0.15, -0.1) is 0 Å². The summed E-state index contributed by atoms with van der Waals surface area (Å²) in [5.41, 5.74) is 3.52. The Balaban J connectivity index is 2.00. The summed E-state index contributed by atoms with van der Waals surface area (Å²) in [5, 5.41) is 3.29. The van der Waals surface area contributed by atoms with E-state index in [1.54, 1.807) is 6.07 Å². The van der Waals surface area contributed by atoms with E-state index in [1.807, 2.05) is 25.1 Å². The predicted molar refractivity (Wildman–Crippen MR) is 81.8 cm³/mol. The standard InChI is InChI=1S/C15H15BrN2O2/c1-10-7-12(5-6-14(10)16)18-9-13-4-3-11(8-17-13)15(19)20-2/h3-8,18H,9H2,1-2H3. The summed E-state index contributed by atoms with van der Waals surface area (Å²) in [6, 6.07) is 9.59. The van der Waals surface area contributed by atoms with Gasteiger partial charge in [0.25, 0.3) is 0 Å². The Morgan fingerprint density at radius 3 is 2.75 bits per heavy atom. The van der Waals surface area contributed by atoms with Crippen LogP contribution in [-0.2, 0) is 11.3 Å². The third-order valence-electron chi connectivity index (χ3n) is 2.88. The third kappa shape index (κ3) is 3.57. The highest BCUT2D eigenvalue weighted by molar-refractivity contribution is 9.10. The van der Waals surface area contributed by atoms with Gasteiger partial charge in [0.15, 0.2) is 0 Å². The van der Waals surface area contributed by atoms with Gasteiger partial charge in [-0.25, -0.2) is 4.79 Å². The maximum Gasteiger partial charge on any atom is 0.339 e. The fourth-order valence-corrected chi connectivity index (χ4v) is 1.96. The van der Waals surface area contributed by atoms with Crippen LogP contribution in [0.15, 0.2) is 41.0 Å². The summed E-state index contributed by atoms with van der Waals surface area (Å²) in [5.74, 6) is -0.374. The van der Waals surface area contributed by atoms with E-state index in [4.69, 9.17) is 0 Å². The Bertz CT molecular complexity index is 612. The number of ether oxygens (including phenoxy) is 1. The third-order valence-corrected chi connectivity index (χ3v) is 3.77. The van der Waals surface area contributed by atoms with E-state index in [9.17, 15) is 4.79 Å². The van der Waals surface area contributed by atoms with Crippen molar-refractivity contribution in [2.75, 3.05) is 12.4 Å². The Morgan fingerprint density at radius 1 is 1.35 bits per heavy atom. The van der Waals surface area contributed by atoms with Crippen molar-refractivity contribution in [1.29, 1.82) is 0 Å². The first-order valence-electron chi connectivity index (χ1n) is 6.13. The summed E-state index contributed by atoms with van der Waals surface area (Å²) < 4.78 is 5.72. The van der Waals surface area contributed by atoms with Crippen LogP contribution in [-0.4, -0.2) is 18.1 Å². The molecule has 4 nitrogen and oxygen atoms in total. The SMILES string of the molecule is COC(=O)c1ccc(CNc2ccc(Br)c(C)c2)nc1. The van der Waals surface area contributed by atoms with Gasteiger partial charge in [0.1, 0.15) is 0 Å². The number of carbonyl (C=O) groups is 1. The van der Waals surface area contributed by atoms with Crippen molar-refractivity contribution in [3.63, 3.8) is 0 Å². The molecular weight excluding hydrogens is 320 g/mol. The fraction of sp³-hybridized carbons (Fsp3) is 0.200. The van der Waals surface area contributed by atoms with Crippen molar-refractivity contribution in [3.8, 4) is 0 Å². The fourth-order valence-electron chi connectivity index (χ4n) is 1.71. The van der Waals surface area contributed by atoms with Gasteiger partial charge in [-0.2, -0.15) is 0 Å². The number of rotatable bonds is 4. The summed E-state index contributed by atoms with van der Waals surface area (Å²) in [4.78, 5) is 15.5. The van der Waals surface area contributed by atoms with Gasteiger partial charge in [0, 0.05) is 16.4 Å². The van der Waals surface area contributed by atoms with Crippen LogP contribution >= 0.6 is 15.9 Å². The summed E-state index contributed by atoms with van der Waals surface area (Å²) in [6.07, 6.45) is 1.52. The lowest BCUT2D eigenvalue weighted by Gasteiger charge is -2.08. The van der Waals surface area contributed by atoms with Gasteiger partial charge >= 0.3 is 5.97 Å². The van der Waals surface area contributed by atoms with Crippen LogP contribution in [0.25, 0.3) is 0 Å². The molecule has 0 atom stereocenters. The molecule has 0 unspecified atom stereocenters. The lowest BCUT2D eigenvalue weighted by Crippen LogP contribution is -2.05. The average molecular weight is 335 g/mol. The average Bonchev–Trinajstić information content (AvgIpc) is 2.48. The molecule has 0 saturated carbocycles. The molecule has 20 heavy (non-hydrogen) atoms. The van der Waals surface area contributed by atoms with Gasteiger partial charge in [0.2, 0.25) is 0 Å². The first kappa shape index (κ1) is 14.5. The Labute approximate surface area is 126 Å². The molecule has 0 spiro atoms. The highest BCUT2D eigenvalue weighted by atomic mass is 79.9. The molecule has 1 aromatic heterocycles. The lowest BCUT2D eigenvalue weighted by molar-refractivity contribution is 0.0600. The number of nitrogens with one attached hydrogen (secondary N) is 1. The van der Waals surface area contributed by atoms with E-state index in [1.165, 1.54) is 18.9 Å². The number of hydrogen-bond donors (Lipinski definition) is 1. The molecule has 5 heteroatoms. The van der Waals surface area contributed by atoms with Gasteiger partial charge < -0.3 is 10.1 Å². The highest BCUT2D eigenvalue weighted by Crippen LogP contribution is 2.20. The molecule has 104 valence electrons. The quantitative estimate of drug-likeness (QED) is 0.868. The normalized spacial score (nSPS) is 10.2. The maximum absolute atomic E-state index is 11.3. The van der Waals surface area contributed by atoms with Crippen LogP contribution in [0.5, 0.6) is 0 Å². The number of aryl methyl sites for hydroxylation is 1. The summed E-state index contributed by atoms with van der Waals surface area (Å²) in [6.45, 7) is 2.64. The number of carbonyl (C=O) groups excluding carboxylic acids is 1. The van der Waals surface area contributed by atoms with Gasteiger partial charge in [0.05, 0.1) is 24.9 Å². The van der Waals surface area contributed by atoms with Crippen LogP contribution < -0.4 is 5.32 Å². The number of esters is 1. The van der Waals surface area contributed by atoms with Crippen LogP contribution in [0, 0.1) is 6.92 Å². The van der Waals surface area contributed by atoms with Crippen LogP contribution in [0.3, 0.4) is 0 Å². The molecule has 0 aliphatic rings. The Kier molecular flexibility index (Phi) is 4.74. The minimum atomic E-state index is -0.374. The molecule has 0 fully saturated rings. The molecular formula is C15H15BrN2O2. The molecule has 0 amide bonds. The van der Waals surface area contributed by atoms with Crippen molar-refractivity contribution in [2.24, 2.45) is 0 Å². The second-order valence-corrected chi connectivity index (χ2v) is 5.20. The Morgan fingerprint density at radius 2 is 2.15 bits per heavy atom.